The van der Waals surface area contributed by atoms with Gasteiger partial charge in [0.2, 0.25) is 5.91 Å². The molecule has 1 amide bonds. The lowest BCUT2D eigenvalue weighted by Gasteiger charge is -2.22. The lowest BCUT2D eigenvalue weighted by Crippen LogP contribution is -2.37. The van der Waals surface area contributed by atoms with E-state index in [0.717, 1.165) is 23.7 Å². The number of hydrogen-bond acceptors (Lipinski definition) is 7. The monoisotopic (exact) mass is 415 g/mol. The van der Waals surface area contributed by atoms with Crippen LogP contribution < -0.4 is 14.8 Å². The first-order chi connectivity index (χ1) is 14.1. The molecule has 0 saturated heterocycles. The van der Waals surface area contributed by atoms with Crippen molar-refractivity contribution in [1.82, 2.24) is 24.9 Å². The van der Waals surface area contributed by atoms with Crippen LogP contribution in [0.15, 0.2) is 17.3 Å². The van der Waals surface area contributed by atoms with Crippen molar-refractivity contribution in [2.45, 2.75) is 50.2 Å². The third kappa shape index (κ3) is 4.10. The van der Waals surface area contributed by atoms with Crippen LogP contribution in [-0.4, -0.2) is 51.5 Å². The second-order valence-corrected chi connectivity index (χ2v) is 8.15. The molecule has 29 heavy (non-hydrogen) atoms. The highest BCUT2D eigenvalue weighted by atomic mass is 32.2. The Kier molecular flexibility index (Phi) is 5.75. The molecule has 0 unspecified atom stereocenters. The highest BCUT2D eigenvalue weighted by molar-refractivity contribution is 7.99. The molecule has 1 saturated carbocycles. The lowest BCUT2D eigenvalue weighted by atomic mass is 9.95. The predicted molar refractivity (Wildman–Crippen MR) is 112 cm³/mol. The smallest absolute Gasteiger partial charge is 0.230 e. The number of hydrogen-bond donors (Lipinski definition) is 1. The van der Waals surface area contributed by atoms with E-state index in [4.69, 9.17) is 14.5 Å². The predicted octanol–water partition coefficient (Wildman–Crippen LogP) is 3.14. The Morgan fingerprint density at radius 2 is 1.90 bits per heavy atom. The van der Waals surface area contributed by atoms with E-state index in [0.29, 0.717) is 34.2 Å². The van der Waals surface area contributed by atoms with Gasteiger partial charge in [0.15, 0.2) is 22.3 Å². The summed E-state index contributed by atoms with van der Waals surface area (Å²) in [5.74, 6) is 2.16. The van der Waals surface area contributed by atoms with Gasteiger partial charge < -0.3 is 14.8 Å². The zero-order valence-corrected chi connectivity index (χ0v) is 17.7. The Balaban J connectivity index is 1.63. The molecule has 1 N–H and O–H groups in total. The summed E-state index contributed by atoms with van der Waals surface area (Å²) in [4.78, 5) is 21.7. The largest absolute Gasteiger partial charge is 0.493 e. The number of benzene rings is 1. The van der Waals surface area contributed by atoms with Crippen LogP contribution in [0, 0.1) is 6.92 Å². The van der Waals surface area contributed by atoms with E-state index in [1.807, 2.05) is 19.1 Å². The minimum absolute atomic E-state index is 0.0288. The summed E-state index contributed by atoms with van der Waals surface area (Å²) in [6.07, 6.45) is 5.78. The van der Waals surface area contributed by atoms with Gasteiger partial charge in [-0.2, -0.15) is 4.52 Å². The molecule has 1 aliphatic rings. The fourth-order valence-electron chi connectivity index (χ4n) is 3.75. The number of carbonyl (C=O) groups is 1. The fourth-order valence-corrected chi connectivity index (χ4v) is 4.51. The topological polar surface area (TPSA) is 90.6 Å². The molecule has 9 heteroatoms. The summed E-state index contributed by atoms with van der Waals surface area (Å²) in [6.45, 7) is 1.84. The van der Waals surface area contributed by atoms with E-state index < -0.39 is 0 Å². The standard InChI is InChI=1S/C20H25N5O3S/c1-12-21-19-14-9-16(27-2)17(28-3)10-15(14)23-20(25(19)24-12)29-11-18(26)22-13-7-5-4-6-8-13/h9-10,13H,4-8,11H2,1-3H3,(H,22,26). The van der Waals surface area contributed by atoms with Gasteiger partial charge in [-0.3, -0.25) is 4.79 Å². The van der Waals surface area contributed by atoms with Crippen LogP contribution in [0.4, 0.5) is 0 Å². The Hall–Kier alpha value is -2.55. The zero-order valence-electron chi connectivity index (χ0n) is 16.9. The Morgan fingerprint density at radius 1 is 1.17 bits per heavy atom. The molecule has 154 valence electrons. The average Bonchev–Trinajstić information content (AvgIpc) is 3.13. The summed E-state index contributed by atoms with van der Waals surface area (Å²) < 4.78 is 12.5. The van der Waals surface area contributed by atoms with E-state index in [2.05, 4.69) is 15.4 Å². The van der Waals surface area contributed by atoms with Gasteiger partial charge in [-0.15, -0.1) is 5.10 Å². The second-order valence-electron chi connectivity index (χ2n) is 7.20. The average molecular weight is 416 g/mol. The van der Waals surface area contributed by atoms with Gasteiger partial charge in [0.25, 0.3) is 0 Å². The van der Waals surface area contributed by atoms with E-state index >= 15 is 0 Å². The summed E-state index contributed by atoms with van der Waals surface area (Å²) in [7, 11) is 3.19. The van der Waals surface area contributed by atoms with Gasteiger partial charge in [0, 0.05) is 17.5 Å². The number of fused-ring (bicyclic) bond motifs is 3. The van der Waals surface area contributed by atoms with Crippen molar-refractivity contribution in [3.8, 4) is 11.5 Å². The van der Waals surface area contributed by atoms with Crippen LogP contribution in [0.25, 0.3) is 16.6 Å². The van der Waals surface area contributed by atoms with E-state index in [-0.39, 0.29) is 11.7 Å². The first-order valence-corrected chi connectivity index (χ1v) is 10.8. The number of amides is 1. The van der Waals surface area contributed by atoms with E-state index in [1.165, 1.54) is 31.0 Å². The molecule has 8 nitrogen and oxygen atoms in total. The van der Waals surface area contributed by atoms with Crippen LogP contribution in [-0.2, 0) is 4.79 Å². The van der Waals surface area contributed by atoms with Crippen LogP contribution in [0.3, 0.4) is 0 Å². The van der Waals surface area contributed by atoms with Crippen molar-refractivity contribution in [3.63, 3.8) is 0 Å². The number of methoxy groups -OCH3 is 2. The molecule has 3 aromatic rings. The molecule has 4 rings (SSSR count). The van der Waals surface area contributed by atoms with Crippen molar-refractivity contribution in [2.75, 3.05) is 20.0 Å². The second kappa shape index (κ2) is 8.44. The minimum Gasteiger partial charge on any atom is -0.493 e. The molecule has 0 spiro atoms. The molecule has 0 radical (unpaired) electrons. The SMILES string of the molecule is COc1cc2nc(SCC(=O)NC3CCCCC3)n3nc(C)nc3c2cc1OC. The maximum Gasteiger partial charge on any atom is 0.230 e. The maximum atomic E-state index is 12.4. The number of ether oxygens (including phenoxy) is 2. The number of thioether (sulfide) groups is 1. The van der Waals surface area contributed by atoms with Crippen molar-refractivity contribution in [1.29, 1.82) is 0 Å². The van der Waals surface area contributed by atoms with Crippen molar-refractivity contribution in [2.24, 2.45) is 0 Å². The number of aromatic nitrogens is 4. The quantitative estimate of drug-likeness (QED) is 0.488. The van der Waals surface area contributed by atoms with Gasteiger partial charge in [0.05, 0.1) is 25.5 Å². The molecule has 1 aliphatic carbocycles. The number of carbonyl (C=O) groups excluding carboxylic acids is 1. The number of nitrogens with zero attached hydrogens (tertiary/aromatic N) is 4. The number of rotatable bonds is 6. The van der Waals surface area contributed by atoms with Gasteiger partial charge >= 0.3 is 0 Å². The highest BCUT2D eigenvalue weighted by Crippen LogP contribution is 2.34. The first kappa shape index (κ1) is 19.8. The molecule has 1 fully saturated rings. The molecule has 0 aliphatic heterocycles. The number of aryl methyl sites for hydroxylation is 1. The van der Waals surface area contributed by atoms with Crippen molar-refractivity contribution < 1.29 is 14.3 Å². The van der Waals surface area contributed by atoms with Crippen LogP contribution >= 0.6 is 11.8 Å². The third-order valence-electron chi connectivity index (χ3n) is 5.16. The fraction of sp³-hybridized carbons (Fsp3) is 0.500. The molecular weight excluding hydrogens is 390 g/mol. The molecule has 2 heterocycles. The highest BCUT2D eigenvalue weighted by Gasteiger charge is 2.19. The first-order valence-electron chi connectivity index (χ1n) is 9.80. The Morgan fingerprint density at radius 3 is 2.62 bits per heavy atom. The normalized spacial score (nSPS) is 15.0. The minimum atomic E-state index is 0.0288. The molecule has 0 atom stereocenters. The number of nitrogens with one attached hydrogen (secondary N) is 1. The Bertz CT molecular complexity index is 1050. The van der Waals surface area contributed by atoms with Crippen molar-refractivity contribution in [3.05, 3.63) is 18.0 Å². The summed E-state index contributed by atoms with van der Waals surface area (Å²) in [5.41, 5.74) is 1.40. The van der Waals surface area contributed by atoms with Gasteiger partial charge in [-0.05, 0) is 25.8 Å². The lowest BCUT2D eigenvalue weighted by molar-refractivity contribution is -0.119. The van der Waals surface area contributed by atoms with Gasteiger partial charge in [-0.25, -0.2) is 9.97 Å². The maximum absolute atomic E-state index is 12.4. The summed E-state index contributed by atoms with van der Waals surface area (Å²) in [5, 5.41) is 9.06. The van der Waals surface area contributed by atoms with Gasteiger partial charge in [-0.1, -0.05) is 31.0 Å². The van der Waals surface area contributed by atoms with Crippen molar-refractivity contribution >= 4 is 34.2 Å². The summed E-state index contributed by atoms with van der Waals surface area (Å²) in [6, 6.07) is 3.98. The Labute approximate surface area is 173 Å². The van der Waals surface area contributed by atoms with Gasteiger partial charge in [0.1, 0.15) is 5.82 Å². The van der Waals surface area contributed by atoms with Crippen LogP contribution in [0.5, 0.6) is 11.5 Å². The molecule has 2 aromatic heterocycles. The molecular formula is C20H25N5O3S. The van der Waals surface area contributed by atoms with E-state index in [1.54, 1.807) is 18.7 Å². The molecule has 1 aromatic carbocycles. The van der Waals surface area contributed by atoms with E-state index in [9.17, 15) is 4.79 Å². The third-order valence-corrected chi connectivity index (χ3v) is 6.08. The van der Waals surface area contributed by atoms with Crippen LogP contribution in [0.2, 0.25) is 0 Å². The zero-order chi connectivity index (χ0) is 20.4. The van der Waals surface area contributed by atoms with Crippen LogP contribution in [0.1, 0.15) is 37.9 Å². The summed E-state index contributed by atoms with van der Waals surface area (Å²) >= 11 is 1.36. The molecule has 0 bridgehead atoms.